The number of carboxylic acid groups (broad SMARTS) is 1. The maximum absolute atomic E-state index is 13.6. The smallest absolute Gasteiger partial charge is 0.228 e. The van der Waals surface area contributed by atoms with E-state index in [1.54, 1.807) is 6.07 Å². The van der Waals surface area contributed by atoms with Crippen molar-refractivity contribution in [3.05, 3.63) is 41.2 Å². The van der Waals surface area contributed by atoms with Crippen molar-refractivity contribution in [3.63, 3.8) is 0 Å². The van der Waals surface area contributed by atoms with Gasteiger partial charge < -0.3 is 15.2 Å². The van der Waals surface area contributed by atoms with Crippen LogP contribution in [0.5, 0.6) is 0 Å². The van der Waals surface area contributed by atoms with Crippen molar-refractivity contribution in [1.82, 2.24) is 0 Å². The first-order valence-corrected chi connectivity index (χ1v) is 6.81. The lowest BCUT2D eigenvalue weighted by molar-refractivity contribution is -0.313. The lowest BCUT2D eigenvalue weighted by Gasteiger charge is -2.32. The third-order valence-corrected chi connectivity index (χ3v) is 4.04. The second-order valence-electron chi connectivity index (χ2n) is 5.47. The highest BCUT2D eigenvalue weighted by Gasteiger charge is 2.33. The summed E-state index contributed by atoms with van der Waals surface area (Å²) in [6, 6.07) is 5.80. The highest BCUT2D eigenvalue weighted by molar-refractivity contribution is 5.95. The number of nitrogens with one attached hydrogen (secondary N) is 1. The molecule has 4 nitrogen and oxygen atoms in total. The molecule has 0 unspecified atom stereocenters. The molecule has 1 aliphatic rings. The van der Waals surface area contributed by atoms with E-state index in [1.165, 1.54) is 18.2 Å². The zero-order chi connectivity index (χ0) is 15.6. The largest absolute Gasteiger partial charge is 0.550 e. The van der Waals surface area contributed by atoms with Gasteiger partial charge in [-0.15, -0.1) is 0 Å². The van der Waals surface area contributed by atoms with Gasteiger partial charge in [0.05, 0.1) is 11.6 Å². The van der Waals surface area contributed by atoms with Gasteiger partial charge >= 0.3 is 0 Å². The van der Waals surface area contributed by atoms with Crippen molar-refractivity contribution >= 4 is 17.6 Å². The Kier molecular flexibility index (Phi) is 4.40. The predicted octanol–water partition coefficient (Wildman–Crippen LogP) is 1.88. The van der Waals surface area contributed by atoms with E-state index >= 15 is 0 Å². The van der Waals surface area contributed by atoms with Crippen molar-refractivity contribution in [2.24, 2.45) is 11.8 Å². The second-order valence-corrected chi connectivity index (χ2v) is 5.47. The summed E-state index contributed by atoms with van der Waals surface area (Å²) in [5, 5.41) is 13.7. The van der Waals surface area contributed by atoms with E-state index in [0.717, 1.165) is 11.1 Å². The number of para-hydroxylation sites is 1. The third-order valence-electron chi connectivity index (χ3n) is 4.04. The molecular weight excluding hydrogens is 273 g/mol. The Bertz CT molecular complexity index is 609. The zero-order valence-electron chi connectivity index (χ0n) is 12.0. The summed E-state index contributed by atoms with van der Waals surface area (Å²) in [6.45, 7) is 3.74. The average molecular weight is 290 g/mol. The van der Waals surface area contributed by atoms with Gasteiger partial charge in [0.2, 0.25) is 5.91 Å². The fourth-order valence-corrected chi connectivity index (χ4v) is 2.60. The molecule has 0 fully saturated rings. The Morgan fingerprint density at radius 3 is 2.29 bits per heavy atom. The number of hydrogen-bond acceptors (Lipinski definition) is 3. The van der Waals surface area contributed by atoms with Crippen LogP contribution < -0.4 is 10.4 Å². The average Bonchev–Trinajstić information content (AvgIpc) is 2.43. The number of allylic oxidation sites excluding steroid dienone is 2. The van der Waals surface area contributed by atoms with E-state index in [1.807, 2.05) is 13.8 Å². The SMILES string of the molecule is CC1=C(C)C[C@@H](C(=O)[O-])[C@@H](C(=O)Nc2ccccc2F)C1. The molecule has 0 saturated carbocycles. The number of benzene rings is 1. The minimum atomic E-state index is -1.24. The highest BCUT2D eigenvalue weighted by Crippen LogP contribution is 2.34. The topological polar surface area (TPSA) is 69.2 Å². The molecule has 0 aromatic heterocycles. The van der Waals surface area contributed by atoms with E-state index in [9.17, 15) is 19.1 Å². The molecule has 0 heterocycles. The van der Waals surface area contributed by atoms with Crippen LogP contribution in [0, 0.1) is 17.7 Å². The number of amides is 1. The summed E-state index contributed by atoms with van der Waals surface area (Å²) in [4.78, 5) is 23.5. The van der Waals surface area contributed by atoms with Crippen LogP contribution in [0.1, 0.15) is 26.7 Å². The number of anilines is 1. The molecular formula is C16H17FNO3-. The summed E-state index contributed by atoms with van der Waals surface area (Å²) < 4.78 is 13.6. The van der Waals surface area contributed by atoms with Crippen molar-refractivity contribution in [2.45, 2.75) is 26.7 Å². The Morgan fingerprint density at radius 2 is 1.71 bits per heavy atom. The first-order chi connectivity index (χ1) is 9.90. The molecule has 0 bridgehead atoms. The summed E-state index contributed by atoms with van der Waals surface area (Å²) in [6.07, 6.45) is 0.647. The van der Waals surface area contributed by atoms with Crippen LogP contribution in [0.4, 0.5) is 10.1 Å². The molecule has 0 saturated heterocycles. The van der Waals surface area contributed by atoms with Crippen LogP contribution >= 0.6 is 0 Å². The Labute approximate surface area is 122 Å². The first kappa shape index (κ1) is 15.2. The Hall–Kier alpha value is -2.17. The van der Waals surface area contributed by atoms with Crippen LogP contribution in [0.2, 0.25) is 0 Å². The number of halogens is 1. The van der Waals surface area contributed by atoms with Crippen LogP contribution in [0.3, 0.4) is 0 Å². The minimum absolute atomic E-state index is 0.0588. The van der Waals surface area contributed by atoms with Crippen molar-refractivity contribution in [1.29, 1.82) is 0 Å². The summed E-state index contributed by atoms with van der Waals surface area (Å²) in [5.41, 5.74) is 2.03. The second kappa shape index (κ2) is 6.08. The monoisotopic (exact) mass is 290 g/mol. The van der Waals surface area contributed by atoms with Gasteiger partial charge in [-0.2, -0.15) is 0 Å². The van der Waals surface area contributed by atoms with Gasteiger partial charge in [-0.1, -0.05) is 23.3 Å². The lowest BCUT2D eigenvalue weighted by atomic mass is 9.76. The number of carboxylic acids is 1. The van der Waals surface area contributed by atoms with Crippen LogP contribution in [0.15, 0.2) is 35.4 Å². The summed E-state index contributed by atoms with van der Waals surface area (Å²) in [7, 11) is 0. The van der Waals surface area contributed by atoms with Gasteiger partial charge in [0, 0.05) is 11.9 Å². The van der Waals surface area contributed by atoms with Gasteiger partial charge in [-0.25, -0.2) is 4.39 Å². The molecule has 112 valence electrons. The number of hydrogen-bond donors (Lipinski definition) is 1. The van der Waals surface area contributed by atoms with Crippen molar-refractivity contribution in [3.8, 4) is 0 Å². The highest BCUT2D eigenvalue weighted by atomic mass is 19.1. The van der Waals surface area contributed by atoms with Gasteiger partial charge in [0.25, 0.3) is 0 Å². The van der Waals surface area contributed by atoms with E-state index in [2.05, 4.69) is 5.32 Å². The van der Waals surface area contributed by atoms with Crippen molar-refractivity contribution in [2.75, 3.05) is 5.32 Å². The Morgan fingerprint density at radius 1 is 1.14 bits per heavy atom. The Balaban J connectivity index is 2.21. The molecule has 2 atom stereocenters. The third kappa shape index (κ3) is 3.29. The molecule has 5 heteroatoms. The molecule has 21 heavy (non-hydrogen) atoms. The van der Waals surface area contributed by atoms with Gasteiger partial charge in [-0.05, 0) is 38.8 Å². The molecule has 1 aromatic carbocycles. The van der Waals surface area contributed by atoms with Crippen LogP contribution in [-0.2, 0) is 9.59 Å². The van der Waals surface area contributed by atoms with Gasteiger partial charge in [0.1, 0.15) is 5.82 Å². The van der Waals surface area contributed by atoms with Gasteiger partial charge in [0.15, 0.2) is 0 Å². The first-order valence-electron chi connectivity index (χ1n) is 6.81. The molecule has 0 aliphatic heterocycles. The van der Waals surface area contributed by atoms with Crippen LogP contribution in [0.25, 0.3) is 0 Å². The molecule has 1 aromatic rings. The minimum Gasteiger partial charge on any atom is -0.550 e. The van der Waals surface area contributed by atoms with Crippen molar-refractivity contribution < 1.29 is 19.1 Å². The molecule has 2 rings (SSSR count). The number of carbonyl (C=O) groups is 2. The summed E-state index contributed by atoms with van der Waals surface area (Å²) >= 11 is 0. The standard InChI is InChI=1S/C16H18FNO3/c1-9-7-11(12(16(20)21)8-10(9)2)15(19)18-14-6-4-3-5-13(14)17/h3-6,11-12H,7-8H2,1-2H3,(H,18,19)(H,20,21)/p-1/t11-,12+/m0/s1. The van der Waals surface area contributed by atoms with E-state index in [0.29, 0.717) is 12.8 Å². The molecule has 1 amide bonds. The van der Waals surface area contributed by atoms with E-state index in [-0.39, 0.29) is 5.69 Å². The fraction of sp³-hybridized carbons (Fsp3) is 0.375. The fourth-order valence-electron chi connectivity index (χ4n) is 2.60. The molecule has 0 spiro atoms. The van der Waals surface area contributed by atoms with E-state index in [4.69, 9.17) is 0 Å². The maximum atomic E-state index is 13.6. The number of carbonyl (C=O) groups excluding carboxylic acids is 2. The molecule has 0 radical (unpaired) electrons. The maximum Gasteiger partial charge on any atom is 0.228 e. The van der Waals surface area contributed by atoms with Gasteiger partial charge in [-0.3, -0.25) is 4.79 Å². The zero-order valence-corrected chi connectivity index (χ0v) is 12.0. The normalized spacial score (nSPS) is 22.0. The number of aliphatic carboxylic acids is 1. The summed E-state index contributed by atoms with van der Waals surface area (Å²) in [5.74, 6) is -3.88. The van der Waals surface area contributed by atoms with E-state index < -0.39 is 29.5 Å². The molecule has 1 N–H and O–H groups in total. The predicted molar refractivity (Wildman–Crippen MR) is 74.6 cm³/mol. The van der Waals surface area contributed by atoms with Crippen LogP contribution in [-0.4, -0.2) is 11.9 Å². The lowest BCUT2D eigenvalue weighted by Crippen LogP contribution is -2.42. The quantitative estimate of drug-likeness (QED) is 0.864. The molecule has 1 aliphatic carbocycles. The number of rotatable bonds is 3.